The molecule has 0 bridgehead atoms. The molecule has 3 aromatic carbocycles. The SMILES string of the molecule is CC1=NC(C)=C(C(=O)OCCC(c2ccccc2)c2ccccc2)C(c2cccc(Cl)c2)C1C(=O)N1CCN(c2ccccn2)CC1. The molecule has 1 aromatic heterocycles. The van der Waals surface area contributed by atoms with Crippen LogP contribution in [0.1, 0.15) is 48.8 Å². The summed E-state index contributed by atoms with van der Waals surface area (Å²) in [5.41, 5.74) is 4.75. The first-order valence-corrected chi connectivity index (χ1v) is 16.5. The summed E-state index contributed by atoms with van der Waals surface area (Å²) in [6.45, 7) is 6.33. The van der Waals surface area contributed by atoms with E-state index in [2.05, 4.69) is 34.1 Å². The number of hydrogen-bond donors (Lipinski definition) is 0. The highest BCUT2D eigenvalue weighted by atomic mass is 35.5. The minimum Gasteiger partial charge on any atom is -0.462 e. The first-order chi connectivity index (χ1) is 22.9. The second-order valence-electron chi connectivity index (χ2n) is 12.1. The molecule has 2 aliphatic rings. The van der Waals surface area contributed by atoms with E-state index < -0.39 is 17.8 Å². The number of aliphatic imine (C=N–C) groups is 1. The molecule has 3 heterocycles. The van der Waals surface area contributed by atoms with E-state index in [-0.39, 0.29) is 18.4 Å². The van der Waals surface area contributed by atoms with Crippen molar-refractivity contribution in [2.45, 2.75) is 32.1 Å². The number of carbonyl (C=O) groups excluding carboxylic acids is 2. The topological polar surface area (TPSA) is 75.1 Å². The van der Waals surface area contributed by atoms with Crippen LogP contribution < -0.4 is 4.90 Å². The molecule has 4 aromatic rings. The fraction of sp³-hybridized carbons (Fsp3) is 0.282. The highest BCUT2D eigenvalue weighted by Gasteiger charge is 2.43. The summed E-state index contributed by atoms with van der Waals surface area (Å²) < 4.78 is 6.04. The Labute approximate surface area is 281 Å². The second-order valence-corrected chi connectivity index (χ2v) is 12.5. The minimum absolute atomic E-state index is 0.0529. The molecular formula is C39H39ClN4O3. The molecule has 0 spiro atoms. The molecule has 1 fully saturated rings. The molecule has 2 aliphatic heterocycles. The zero-order chi connectivity index (χ0) is 32.8. The average Bonchev–Trinajstić information content (AvgIpc) is 3.10. The van der Waals surface area contributed by atoms with Gasteiger partial charge in [0.2, 0.25) is 5.91 Å². The van der Waals surface area contributed by atoms with Crippen molar-refractivity contribution in [3.8, 4) is 0 Å². The number of nitrogens with zero attached hydrogens (tertiary/aromatic N) is 4. The van der Waals surface area contributed by atoms with E-state index in [1.165, 1.54) is 0 Å². The predicted octanol–water partition coefficient (Wildman–Crippen LogP) is 7.30. The first kappa shape index (κ1) is 32.2. The van der Waals surface area contributed by atoms with Gasteiger partial charge in [-0.15, -0.1) is 0 Å². The molecular weight excluding hydrogens is 608 g/mol. The lowest BCUT2D eigenvalue weighted by molar-refractivity contribution is -0.140. The summed E-state index contributed by atoms with van der Waals surface area (Å²) in [6, 6.07) is 33.8. The van der Waals surface area contributed by atoms with Gasteiger partial charge in [-0.05, 0) is 61.2 Å². The maximum absolute atomic E-state index is 14.4. The van der Waals surface area contributed by atoms with E-state index in [9.17, 15) is 9.59 Å². The third kappa shape index (κ3) is 7.31. The van der Waals surface area contributed by atoms with Gasteiger partial charge in [0.05, 0.1) is 18.1 Å². The quantitative estimate of drug-likeness (QED) is 0.179. The molecule has 1 saturated heterocycles. The van der Waals surface area contributed by atoms with Crippen molar-refractivity contribution in [3.63, 3.8) is 0 Å². The van der Waals surface area contributed by atoms with Gasteiger partial charge in [0.15, 0.2) is 0 Å². The Bertz CT molecular complexity index is 1710. The fourth-order valence-electron chi connectivity index (χ4n) is 6.82. The lowest BCUT2D eigenvalue weighted by Crippen LogP contribution is -2.53. The van der Waals surface area contributed by atoms with Crippen molar-refractivity contribution < 1.29 is 14.3 Å². The molecule has 6 rings (SSSR count). The number of amides is 1. The van der Waals surface area contributed by atoms with Crippen molar-refractivity contribution in [3.05, 3.63) is 142 Å². The molecule has 240 valence electrons. The molecule has 7 nitrogen and oxygen atoms in total. The Morgan fingerprint density at radius 3 is 2.13 bits per heavy atom. The largest absolute Gasteiger partial charge is 0.462 e. The Hall–Kier alpha value is -4.75. The standard InChI is InChI=1S/C39H39ClN4O3/c1-27-35(38(45)44-23-21-43(22-24-44)34-18-9-10-20-41-34)37(31-16-11-17-32(40)26-31)36(28(2)42-27)39(46)47-25-19-33(29-12-5-3-6-13-29)30-14-7-4-8-15-30/h3-18,20,26,33,35,37H,19,21-25H2,1-2H3. The van der Waals surface area contributed by atoms with Crippen LogP contribution in [0.15, 0.2) is 126 Å². The van der Waals surface area contributed by atoms with Crippen molar-refractivity contribution in [2.24, 2.45) is 10.9 Å². The first-order valence-electron chi connectivity index (χ1n) is 16.1. The molecule has 0 N–H and O–H groups in total. The van der Waals surface area contributed by atoms with Crippen LogP contribution in [-0.2, 0) is 14.3 Å². The van der Waals surface area contributed by atoms with E-state index in [1.807, 2.05) is 91.5 Å². The lowest BCUT2D eigenvalue weighted by Gasteiger charge is -2.40. The Morgan fingerprint density at radius 2 is 1.51 bits per heavy atom. The van der Waals surface area contributed by atoms with Gasteiger partial charge in [-0.3, -0.25) is 9.79 Å². The number of ether oxygens (including phenoxy) is 1. The Balaban J connectivity index is 1.23. The van der Waals surface area contributed by atoms with Crippen LogP contribution in [0.3, 0.4) is 0 Å². The van der Waals surface area contributed by atoms with Crippen LogP contribution in [-0.4, -0.2) is 60.3 Å². The number of rotatable bonds is 9. The molecule has 0 aliphatic carbocycles. The van der Waals surface area contributed by atoms with Gasteiger partial charge in [-0.25, -0.2) is 9.78 Å². The summed E-state index contributed by atoms with van der Waals surface area (Å²) in [6.07, 6.45) is 2.39. The van der Waals surface area contributed by atoms with Gasteiger partial charge in [-0.1, -0.05) is 90.5 Å². The van der Waals surface area contributed by atoms with Crippen molar-refractivity contribution in [1.82, 2.24) is 9.88 Å². The summed E-state index contributed by atoms with van der Waals surface area (Å²) in [7, 11) is 0. The number of piperazine rings is 1. The number of carbonyl (C=O) groups is 2. The van der Waals surface area contributed by atoms with Crippen LogP contribution in [0.4, 0.5) is 5.82 Å². The van der Waals surface area contributed by atoms with Crippen molar-refractivity contribution in [1.29, 1.82) is 0 Å². The zero-order valence-corrected chi connectivity index (χ0v) is 27.5. The summed E-state index contributed by atoms with van der Waals surface area (Å²) in [5, 5.41) is 0.539. The predicted molar refractivity (Wildman–Crippen MR) is 187 cm³/mol. The van der Waals surface area contributed by atoms with E-state index in [4.69, 9.17) is 21.3 Å². The monoisotopic (exact) mass is 646 g/mol. The number of aromatic nitrogens is 1. The summed E-state index contributed by atoms with van der Waals surface area (Å²) in [4.78, 5) is 41.8. The van der Waals surface area contributed by atoms with Gasteiger partial charge in [0.1, 0.15) is 5.82 Å². The minimum atomic E-state index is -0.664. The van der Waals surface area contributed by atoms with E-state index in [1.54, 1.807) is 12.3 Å². The Kier molecular flexibility index (Phi) is 10.1. The van der Waals surface area contributed by atoms with Crippen LogP contribution >= 0.6 is 11.6 Å². The number of esters is 1. The van der Waals surface area contributed by atoms with Gasteiger partial charge >= 0.3 is 5.97 Å². The van der Waals surface area contributed by atoms with Gasteiger partial charge in [-0.2, -0.15) is 0 Å². The van der Waals surface area contributed by atoms with Crippen LogP contribution in [0, 0.1) is 5.92 Å². The molecule has 47 heavy (non-hydrogen) atoms. The molecule has 8 heteroatoms. The van der Waals surface area contributed by atoms with E-state index in [0.29, 0.717) is 54.6 Å². The molecule has 0 radical (unpaired) electrons. The normalized spacial score (nSPS) is 18.3. The van der Waals surface area contributed by atoms with Gasteiger partial charge in [0.25, 0.3) is 0 Å². The second kappa shape index (κ2) is 14.8. The van der Waals surface area contributed by atoms with Crippen LogP contribution in [0.5, 0.6) is 0 Å². The molecule has 0 saturated carbocycles. The van der Waals surface area contributed by atoms with E-state index >= 15 is 0 Å². The van der Waals surface area contributed by atoms with Crippen molar-refractivity contribution in [2.75, 3.05) is 37.7 Å². The van der Waals surface area contributed by atoms with Crippen LogP contribution in [0.25, 0.3) is 0 Å². The third-order valence-corrected chi connectivity index (χ3v) is 9.37. The van der Waals surface area contributed by atoms with Gasteiger partial charge in [0, 0.05) is 60.6 Å². The molecule has 2 unspecified atom stereocenters. The number of halogens is 1. The smallest absolute Gasteiger partial charge is 0.336 e. The summed E-state index contributed by atoms with van der Waals surface area (Å²) in [5.74, 6) is -0.794. The fourth-order valence-corrected chi connectivity index (χ4v) is 7.02. The number of pyridine rings is 1. The molecule has 1 amide bonds. The maximum Gasteiger partial charge on any atom is 0.336 e. The van der Waals surface area contributed by atoms with Crippen molar-refractivity contribution >= 4 is 35.0 Å². The number of anilines is 1. The number of allylic oxidation sites excluding steroid dienone is 1. The highest BCUT2D eigenvalue weighted by molar-refractivity contribution is 6.30. The third-order valence-electron chi connectivity index (χ3n) is 9.13. The number of benzene rings is 3. The van der Waals surface area contributed by atoms with E-state index in [0.717, 1.165) is 22.5 Å². The highest BCUT2D eigenvalue weighted by Crippen LogP contribution is 2.41. The van der Waals surface area contributed by atoms with Gasteiger partial charge < -0.3 is 14.5 Å². The average molecular weight is 647 g/mol. The van der Waals surface area contributed by atoms with Crippen LogP contribution in [0.2, 0.25) is 5.02 Å². The number of hydrogen-bond acceptors (Lipinski definition) is 6. The molecule has 2 atom stereocenters. The Morgan fingerprint density at radius 1 is 0.851 bits per heavy atom. The summed E-state index contributed by atoms with van der Waals surface area (Å²) >= 11 is 6.48. The maximum atomic E-state index is 14.4. The zero-order valence-electron chi connectivity index (χ0n) is 26.8. The lowest BCUT2D eigenvalue weighted by atomic mass is 9.75.